The third kappa shape index (κ3) is 4.81. The predicted molar refractivity (Wildman–Crippen MR) is 140 cm³/mol. The fourth-order valence-corrected chi connectivity index (χ4v) is 4.74. The molecule has 0 bridgehead atoms. The van der Waals surface area contributed by atoms with E-state index in [9.17, 15) is 19.6 Å². The molecule has 0 radical (unpaired) electrons. The van der Waals surface area contributed by atoms with Gasteiger partial charge in [-0.05, 0) is 25.7 Å². The molecule has 0 aliphatic heterocycles. The Labute approximate surface area is 216 Å². The second kappa shape index (κ2) is 11.5. The lowest BCUT2D eigenvalue weighted by Crippen LogP contribution is -2.21. The Kier molecular flexibility index (Phi) is 8.71. The molecule has 0 spiro atoms. The van der Waals surface area contributed by atoms with E-state index in [-0.39, 0.29) is 33.5 Å². The lowest BCUT2D eigenvalue weighted by molar-refractivity contribution is 0.112. The Morgan fingerprint density at radius 1 is 0.889 bits per heavy atom. The highest BCUT2D eigenvalue weighted by molar-refractivity contribution is 6.34. The van der Waals surface area contributed by atoms with Gasteiger partial charge in [0.05, 0.1) is 21.2 Å². The van der Waals surface area contributed by atoms with Gasteiger partial charge in [-0.25, -0.2) is 19.6 Å². The molecule has 0 saturated carbocycles. The zero-order chi connectivity index (χ0) is 26.6. The van der Waals surface area contributed by atoms with E-state index < -0.39 is 0 Å². The Balaban J connectivity index is 0.000000201. The maximum atomic E-state index is 12.0. The number of hydrogen-bond acceptors (Lipinski definition) is 6. The molecule has 190 valence electrons. The van der Waals surface area contributed by atoms with Crippen LogP contribution < -0.4 is 11.4 Å². The highest BCUT2D eigenvalue weighted by atomic mass is 35.5. The van der Waals surface area contributed by atoms with Crippen molar-refractivity contribution in [1.29, 1.82) is 5.26 Å². The highest BCUT2D eigenvalue weighted by Gasteiger charge is 2.20. The van der Waals surface area contributed by atoms with E-state index in [1.807, 2.05) is 33.8 Å². The molecular weight excluding hydrogens is 505 g/mol. The summed E-state index contributed by atoms with van der Waals surface area (Å²) in [5.41, 5.74) is 1.92. The lowest BCUT2D eigenvalue weighted by Gasteiger charge is -2.15. The number of fused-ring (bicyclic) bond motifs is 2. The zero-order valence-corrected chi connectivity index (χ0v) is 21.9. The Hall–Kier alpha value is -3.42. The number of nitriles is 1. The molecule has 0 amide bonds. The van der Waals surface area contributed by atoms with E-state index in [1.165, 1.54) is 12.4 Å². The monoisotopic (exact) mass is 531 g/mol. The van der Waals surface area contributed by atoms with Crippen molar-refractivity contribution in [3.05, 3.63) is 54.5 Å². The molecule has 4 aromatic rings. The summed E-state index contributed by atoms with van der Waals surface area (Å²) in [4.78, 5) is 48.6. The summed E-state index contributed by atoms with van der Waals surface area (Å²) in [5, 5.41) is 9.71. The molecule has 4 rings (SSSR count). The van der Waals surface area contributed by atoms with Crippen LogP contribution in [0.5, 0.6) is 0 Å². The summed E-state index contributed by atoms with van der Waals surface area (Å²) in [6.07, 6.45) is 6.64. The van der Waals surface area contributed by atoms with Crippen molar-refractivity contribution in [1.82, 2.24) is 29.1 Å². The molecule has 0 aromatic carbocycles. The summed E-state index contributed by atoms with van der Waals surface area (Å²) in [6, 6.07) is 2.12. The van der Waals surface area contributed by atoms with E-state index in [1.54, 1.807) is 9.13 Å². The number of aldehydes is 1. The van der Waals surface area contributed by atoms with Crippen LogP contribution in [0.2, 0.25) is 10.0 Å². The summed E-state index contributed by atoms with van der Waals surface area (Å²) < 4.78 is 3.17. The maximum Gasteiger partial charge on any atom is 0.327 e. The topological polar surface area (TPSA) is 142 Å². The van der Waals surface area contributed by atoms with Gasteiger partial charge in [0.1, 0.15) is 17.1 Å². The molecule has 36 heavy (non-hydrogen) atoms. The molecule has 0 aliphatic rings. The number of aromatic amines is 2. The zero-order valence-electron chi connectivity index (χ0n) is 20.4. The number of nitrogens with zero attached hydrogens (tertiary/aromatic N) is 5. The molecule has 0 saturated heterocycles. The molecular formula is C24H27Cl2N7O3. The van der Waals surface area contributed by atoms with E-state index in [0.29, 0.717) is 39.7 Å². The SMILES string of the molecule is CCC(CC)n1c(=O)[nH]c2ncc(Cl)c(C#N)c21.CCC(CC)n1c(=O)[nH]c2ncc(Cl)c(C=O)c21. The van der Waals surface area contributed by atoms with Crippen molar-refractivity contribution >= 4 is 51.8 Å². The molecule has 0 unspecified atom stereocenters. The first-order valence-electron chi connectivity index (χ1n) is 11.7. The molecule has 12 heteroatoms. The average molecular weight is 532 g/mol. The molecule has 4 aromatic heterocycles. The predicted octanol–water partition coefficient (Wildman–Crippen LogP) is 5.16. The Morgan fingerprint density at radius 2 is 1.33 bits per heavy atom. The van der Waals surface area contributed by atoms with Gasteiger partial charge in [0.15, 0.2) is 17.6 Å². The first kappa shape index (κ1) is 27.2. The van der Waals surface area contributed by atoms with Crippen LogP contribution in [0.15, 0.2) is 22.0 Å². The number of carbonyl (C=O) groups is 1. The first-order chi connectivity index (χ1) is 17.3. The standard InChI is InChI=1S/C12H13ClN4O.C12H14ClN3O2/c1-3-7(4-2)17-10-8(5-14)9(13)6-15-11(10)16-12(17)18;1-3-7(4-2)16-10-8(6-17)9(13)5-14-11(10)15-12(16)18/h6-7H,3-4H2,1-2H3,(H,15,16,18);5-7H,3-4H2,1-2H3,(H,14,15,18). The summed E-state index contributed by atoms with van der Waals surface area (Å²) in [7, 11) is 0. The van der Waals surface area contributed by atoms with E-state index in [4.69, 9.17) is 23.2 Å². The van der Waals surface area contributed by atoms with E-state index in [2.05, 4.69) is 19.9 Å². The number of aromatic nitrogens is 6. The van der Waals surface area contributed by atoms with Crippen molar-refractivity contribution in [2.45, 2.75) is 65.5 Å². The van der Waals surface area contributed by atoms with Crippen LogP contribution >= 0.6 is 23.2 Å². The second-order valence-corrected chi connectivity index (χ2v) is 8.98. The number of halogens is 2. The van der Waals surface area contributed by atoms with Gasteiger partial charge in [0.25, 0.3) is 0 Å². The minimum atomic E-state index is -0.253. The van der Waals surface area contributed by atoms with E-state index >= 15 is 0 Å². The largest absolute Gasteiger partial charge is 0.327 e. The molecule has 0 aliphatic carbocycles. The number of H-pyrrole nitrogens is 2. The van der Waals surface area contributed by atoms with Crippen LogP contribution in [0.3, 0.4) is 0 Å². The third-order valence-electron chi connectivity index (χ3n) is 6.27. The van der Waals surface area contributed by atoms with E-state index in [0.717, 1.165) is 25.7 Å². The van der Waals surface area contributed by atoms with Crippen LogP contribution in [0, 0.1) is 11.3 Å². The molecule has 2 N–H and O–H groups in total. The number of carbonyl (C=O) groups excluding carboxylic acids is 1. The fraction of sp³-hybridized carbons (Fsp3) is 0.417. The van der Waals surface area contributed by atoms with Crippen molar-refractivity contribution in [2.24, 2.45) is 0 Å². The quantitative estimate of drug-likeness (QED) is 0.315. The van der Waals surface area contributed by atoms with Gasteiger partial charge >= 0.3 is 11.4 Å². The van der Waals surface area contributed by atoms with Crippen LogP contribution in [-0.4, -0.2) is 35.4 Å². The lowest BCUT2D eigenvalue weighted by atomic mass is 10.1. The van der Waals surface area contributed by atoms with Gasteiger partial charge in [-0.3, -0.25) is 23.9 Å². The number of rotatable bonds is 7. The van der Waals surface area contributed by atoms with Crippen molar-refractivity contribution < 1.29 is 4.79 Å². The van der Waals surface area contributed by atoms with Gasteiger partial charge in [-0.2, -0.15) is 5.26 Å². The van der Waals surface area contributed by atoms with Gasteiger partial charge in [-0.1, -0.05) is 50.9 Å². The number of imidazole rings is 2. The van der Waals surface area contributed by atoms with Crippen LogP contribution in [-0.2, 0) is 0 Å². The smallest absolute Gasteiger partial charge is 0.298 e. The first-order valence-corrected chi connectivity index (χ1v) is 12.5. The van der Waals surface area contributed by atoms with Crippen molar-refractivity contribution in [2.75, 3.05) is 0 Å². The molecule has 0 atom stereocenters. The Morgan fingerprint density at radius 3 is 1.78 bits per heavy atom. The summed E-state index contributed by atoms with van der Waals surface area (Å²) >= 11 is 11.9. The van der Waals surface area contributed by atoms with Gasteiger partial charge in [-0.15, -0.1) is 0 Å². The van der Waals surface area contributed by atoms with Crippen LogP contribution in [0.4, 0.5) is 0 Å². The number of hydrogen-bond donors (Lipinski definition) is 2. The minimum Gasteiger partial charge on any atom is -0.298 e. The fourth-order valence-electron chi connectivity index (χ4n) is 4.38. The van der Waals surface area contributed by atoms with Crippen molar-refractivity contribution in [3.8, 4) is 6.07 Å². The number of pyridine rings is 2. The second-order valence-electron chi connectivity index (χ2n) is 8.17. The summed E-state index contributed by atoms with van der Waals surface area (Å²) in [5.74, 6) is 0. The molecule has 10 nitrogen and oxygen atoms in total. The third-order valence-corrected chi connectivity index (χ3v) is 6.85. The van der Waals surface area contributed by atoms with Gasteiger partial charge in [0.2, 0.25) is 0 Å². The van der Waals surface area contributed by atoms with Gasteiger partial charge in [0, 0.05) is 24.5 Å². The van der Waals surface area contributed by atoms with Crippen LogP contribution in [0.1, 0.15) is 81.4 Å². The van der Waals surface area contributed by atoms with Crippen LogP contribution in [0.25, 0.3) is 22.3 Å². The molecule has 4 heterocycles. The number of nitrogens with one attached hydrogen (secondary N) is 2. The highest BCUT2D eigenvalue weighted by Crippen LogP contribution is 2.27. The Bertz CT molecular complexity index is 1550. The van der Waals surface area contributed by atoms with Gasteiger partial charge < -0.3 is 0 Å². The maximum absolute atomic E-state index is 12.0. The normalized spacial score (nSPS) is 11.2. The summed E-state index contributed by atoms with van der Waals surface area (Å²) in [6.45, 7) is 8.00. The average Bonchev–Trinajstić information content (AvgIpc) is 3.38. The van der Waals surface area contributed by atoms with Crippen molar-refractivity contribution in [3.63, 3.8) is 0 Å². The molecule has 0 fully saturated rings. The minimum absolute atomic E-state index is 0.0326.